The first-order chi connectivity index (χ1) is 10.1. The van der Waals surface area contributed by atoms with E-state index in [4.69, 9.17) is 4.74 Å². The summed E-state index contributed by atoms with van der Waals surface area (Å²) in [6, 6.07) is 11.5. The normalized spacial score (nSPS) is 10.8. The van der Waals surface area contributed by atoms with E-state index in [-0.39, 0.29) is 12.4 Å². The molecule has 2 rings (SSSR count). The summed E-state index contributed by atoms with van der Waals surface area (Å²) in [6.07, 6.45) is 2.29. The van der Waals surface area contributed by atoms with Crippen LogP contribution in [0.5, 0.6) is 5.75 Å². The van der Waals surface area contributed by atoms with Crippen molar-refractivity contribution in [3.63, 3.8) is 0 Å². The molecule has 0 spiro atoms. The van der Waals surface area contributed by atoms with Crippen molar-refractivity contribution in [3.05, 3.63) is 70.0 Å². The summed E-state index contributed by atoms with van der Waals surface area (Å²) in [7, 11) is 0. The molecule has 108 valence electrons. The largest absolute Gasteiger partial charge is 0.545 e. The first kappa shape index (κ1) is 15.3. The third-order valence-corrected chi connectivity index (χ3v) is 3.21. The fourth-order valence-corrected chi connectivity index (χ4v) is 2.09. The molecule has 0 saturated heterocycles. The highest BCUT2D eigenvalue weighted by atomic mass is 79.9. The number of ether oxygens (including phenoxy) is 1. The summed E-state index contributed by atoms with van der Waals surface area (Å²) < 4.78 is 19.9. The van der Waals surface area contributed by atoms with E-state index in [2.05, 4.69) is 15.9 Å². The maximum absolute atomic E-state index is 13.5. The minimum Gasteiger partial charge on any atom is -0.545 e. The number of halogens is 2. The van der Waals surface area contributed by atoms with Crippen LogP contribution in [-0.4, -0.2) is 5.97 Å². The standard InChI is InChI=1S/C16H12BrFO3/c17-13-6-7-15(11(9-13)5-8-16(19)20)21-10-12-3-1-2-4-14(12)18/h1-9H,10H2,(H,19,20)/p-1/b8-5-. The SMILES string of the molecule is O=C([O-])/C=C\c1cc(Br)ccc1OCc1ccccc1F. The highest BCUT2D eigenvalue weighted by Crippen LogP contribution is 2.25. The Bertz CT molecular complexity index is 683. The van der Waals surface area contributed by atoms with Crippen molar-refractivity contribution in [1.29, 1.82) is 0 Å². The lowest BCUT2D eigenvalue weighted by Crippen LogP contribution is -2.18. The monoisotopic (exact) mass is 349 g/mol. The molecule has 0 bridgehead atoms. The van der Waals surface area contributed by atoms with E-state index in [1.165, 1.54) is 12.1 Å². The number of carboxylic acids is 1. The van der Waals surface area contributed by atoms with Crippen LogP contribution in [0.1, 0.15) is 11.1 Å². The highest BCUT2D eigenvalue weighted by molar-refractivity contribution is 9.10. The van der Waals surface area contributed by atoms with Crippen molar-refractivity contribution in [2.75, 3.05) is 0 Å². The third-order valence-electron chi connectivity index (χ3n) is 2.71. The second-order valence-electron chi connectivity index (χ2n) is 4.21. The maximum atomic E-state index is 13.5. The zero-order valence-corrected chi connectivity index (χ0v) is 12.5. The van der Waals surface area contributed by atoms with Crippen LogP contribution in [0.2, 0.25) is 0 Å². The topological polar surface area (TPSA) is 49.4 Å². The summed E-state index contributed by atoms with van der Waals surface area (Å²) in [4.78, 5) is 10.5. The van der Waals surface area contributed by atoms with Gasteiger partial charge in [-0.05, 0) is 36.4 Å². The predicted molar refractivity (Wildman–Crippen MR) is 78.9 cm³/mol. The van der Waals surface area contributed by atoms with Crippen molar-refractivity contribution in [1.82, 2.24) is 0 Å². The van der Waals surface area contributed by atoms with Gasteiger partial charge in [0, 0.05) is 15.6 Å². The molecule has 0 aliphatic rings. The molecular formula is C16H11BrFO3-. The number of aliphatic carboxylic acids is 1. The first-order valence-corrected chi connectivity index (χ1v) is 6.90. The number of carbonyl (C=O) groups excluding carboxylic acids is 1. The molecule has 3 nitrogen and oxygen atoms in total. The summed E-state index contributed by atoms with van der Waals surface area (Å²) in [6.45, 7) is 0.0560. The van der Waals surface area contributed by atoms with Crippen LogP contribution in [0.3, 0.4) is 0 Å². The summed E-state index contributed by atoms with van der Waals surface area (Å²) in [5.41, 5.74) is 0.986. The second-order valence-corrected chi connectivity index (χ2v) is 5.13. The van der Waals surface area contributed by atoms with Crippen LogP contribution < -0.4 is 9.84 Å². The molecule has 0 atom stereocenters. The lowest BCUT2D eigenvalue weighted by atomic mass is 10.2. The molecular weight excluding hydrogens is 339 g/mol. The Morgan fingerprint density at radius 2 is 2.05 bits per heavy atom. The minimum atomic E-state index is -1.30. The van der Waals surface area contributed by atoms with E-state index in [1.807, 2.05) is 0 Å². The lowest BCUT2D eigenvalue weighted by molar-refractivity contribution is -0.297. The van der Waals surface area contributed by atoms with Crippen LogP contribution in [0.4, 0.5) is 4.39 Å². The Balaban J connectivity index is 2.20. The zero-order chi connectivity index (χ0) is 15.2. The molecule has 0 N–H and O–H groups in total. The van der Waals surface area contributed by atoms with Crippen molar-refractivity contribution < 1.29 is 19.0 Å². The van der Waals surface area contributed by atoms with Gasteiger partial charge >= 0.3 is 0 Å². The molecule has 2 aromatic rings. The molecule has 0 heterocycles. The van der Waals surface area contributed by atoms with E-state index < -0.39 is 5.97 Å². The van der Waals surface area contributed by atoms with Gasteiger partial charge in [0.15, 0.2) is 0 Å². The molecule has 0 saturated carbocycles. The van der Waals surface area contributed by atoms with Crippen molar-refractivity contribution in [2.24, 2.45) is 0 Å². The first-order valence-electron chi connectivity index (χ1n) is 6.11. The van der Waals surface area contributed by atoms with Gasteiger partial charge in [0.05, 0.1) is 5.97 Å². The lowest BCUT2D eigenvalue weighted by Gasteiger charge is -2.10. The number of benzene rings is 2. The molecule has 2 aromatic carbocycles. The quantitative estimate of drug-likeness (QED) is 0.779. The minimum absolute atomic E-state index is 0.0560. The third kappa shape index (κ3) is 4.43. The summed E-state index contributed by atoms with van der Waals surface area (Å²) in [5, 5.41) is 10.5. The van der Waals surface area contributed by atoms with Crippen molar-refractivity contribution >= 4 is 28.0 Å². The van der Waals surface area contributed by atoms with Gasteiger partial charge in [-0.3, -0.25) is 0 Å². The van der Waals surface area contributed by atoms with Crippen LogP contribution in [-0.2, 0) is 11.4 Å². The zero-order valence-electron chi connectivity index (χ0n) is 10.9. The fourth-order valence-electron chi connectivity index (χ4n) is 1.71. The van der Waals surface area contributed by atoms with E-state index in [0.29, 0.717) is 16.9 Å². The Morgan fingerprint density at radius 3 is 2.76 bits per heavy atom. The molecule has 0 radical (unpaired) electrons. The van der Waals surface area contributed by atoms with E-state index in [9.17, 15) is 14.3 Å². The summed E-state index contributed by atoms with van der Waals surface area (Å²) >= 11 is 3.30. The Morgan fingerprint density at radius 1 is 1.29 bits per heavy atom. The van der Waals surface area contributed by atoms with Gasteiger partial charge in [-0.25, -0.2) is 4.39 Å². The molecule has 0 fully saturated rings. The molecule has 0 unspecified atom stereocenters. The molecule has 21 heavy (non-hydrogen) atoms. The highest BCUT2D eigenvalue weighted by Gasteiger charge is 2.05. The van der Waals surface area contributed by atoms with Gasteiger partial charge in [-0.1, -0.05) is 34.1 Å². The Hall–Kier alpha value is -2.14. The number of rotatable bonds is 5. The van der Waals surface area contributed by atoms with Gasteiger partial charge in [0.2, 0.25) is 0 Å². The van der Waals surface area contributed by atoms with E-state index in [0.717, 1.165) is 10.5 Å². The molecule has 0 aromatic heterocycles. The van der Waals surface area contributed by atoms with Gasteiger partial charge < -0.3 is 14.6 Å². The number of hydrogen-bond donors (Lipinski definition) is 0. The van der Waals surface area contributed by atoms with Crippen LogP contribution >= 0.6 is 15.9 Å². The van der Waals surface area contributed by atoms with Gasteiger partial charge in [-0.15, -0.1) is 0 Å². The van der Waals surface area contributed by atoms with Crippen molar-refractivity contribution in [3.8, 4) is 5.75 Å². The van der Waals surface area contributed by atoms with Crippen molar-refractivity contribution in [2.45, 2.75) is 6.61 Å². The van der Waals surface area contributed by atoms with Gasteiger partial charge in [0.25, 0.3) is 0 Å². The number of carbonyl (C=O) groups is 1. The molecule has 5 heteroatoms. The number of carboxylic acid groups (broad SMARTS) is 1. The fraction of sp³-hybridized carbons (Fsp3) is 0.0625. The van der Waals surface area contributed by atoms with Crippen LogP contribution in [0.25, 0.3) is 6.08 Å². The van der Waals surface area contributed by atoms with Gasteiger partial charge in [0.1, 0.15) is 18.2 Å². The Labute approximate surface area is 129 Å². The van der Waals surface area contributed by atoms with E-state index >= 15 is 0 Å². The second kappa shape index (κ2) is 7.04. The summed E-state index contributed by atoms with van der Waals surface area (Å²) in [5.74, 6) is -1.18. The van der Waals surface area contributed by atoms with Gasteiger partial charge in [-0.2, -0.15) is 0 Å². The van der Waals surface area contributed by atoms with E-state index in [1.54, 1.807) is 36.4 Å². The Kier molecular flexibility index (Phi) is 5.11. The average molecular weight is 350 g/mol. The average Bonchev–Trinajstić information content (AvgIpc) is 2.45. The van der Waals surface area contributed by atoms with Crippen LogP contribution in [0.15, 0.2) is 53.0 Å². The maximum Gasteiger partial charge on any atom is 0.129 e. The number of hydrogen-bond acceptors (Lipinski definition) is 3. The smallest absolute Gasteiger partial charge is 0.129 e. The van der Waals surface area contributed by atoms with Crippen LogP contribution in [0, 0.1) is 5.82 Å². The molecule has 0 aliphatic heterocycles. The predicted octanol–water partition coefficient (Wildman–Crippen LogP) is 2.93. The molecule has 0 aliphatic carbocycles. The molecule has 0 amide bonds.